The van der Waals surface area contributed by atoms with Gasteiger partial charge in [-0.1, -0.05) is 41.9 Å². The van der Waals surface area contributed by atoms with Crippen molar-refractivity contribution in [1.29, 1.82) is 0 Å². The van der Waals surface area contributed by atoms with Gasteiger partial charge >= 0.3 is 0 Å². The first kappa shape index (κ1) is 24.6. The average molecular weight is 489 g/mol. The molecule has 174 valence electrons. The van der Waals surface area contributed by atoms with Gasteiger partial charge in [-0.25, -0.2) is 13.1 Å². The standard InChI is InChI=1S/C24H25ClN2O5S/c1-31-21-6-4-3-5-18(21)13-14-26-24(28)19-9-12-22(32-2)23(15-19)33(29,30)27-16-17-7-10-20(25)11-8-17/h3-12,15,27H,13-14,16H2,1-2H3,(H,26,28). The van der Waals surface area contributed by atoms with E-state index in [-0.39, 0.29) is 28.7 Å². The molecule has 3 aromatic rings. The molecule has 3 rings (SSSR count). The first-order valence-corrected chi connectivity index (χ1v) is 12.0. The van der Waals surface area contributed by atoms with Crippen molar-refractivity contribution in [3.8, 4) is 11.5 Å². The summed E-state index contributed by atoms with van der Waals surface area (Å²) in [5.74, 6) is 0.502. The van der Waals surface area contributed by atoms with Crippen molar-refractivity contribution in [2.24, 2.45) is 0 Å². The van der Waals surface area contributed by atoms with Crippen LogP contribution in [0.15, 0.2) is 71.6 Å². The minimum atomic E-state index is -3.94. The Labute approximate surface area is 198 Å². The largest absolute Gasteiger partial charge is 0.496 e. The first-order valence-electron chi connectivity index (χ1n) is 10.2. The molecular weight excluding hydrogens is 464 g/mol. The lowest BCUT2D eigenvalue weighted by Gasteiger charge is -2.13. The van der Waals surface area contributed by atoms with Crippen LogP contribution in [0.3, 0.4) is 0 Å². The number of amides is 1. The Morgan fingerprint density at radius 3 is 2.33 bits per heavy atom. The van der Waals surface area contributed by atoms with Gasteiger partial charge in [-0.2, -0.15) is 0 Å². The fourth-order valence-corrected chi connectivity index (χ4v) is 4.55. The fraction of sp³-hybridized carbons (Fsp3) is 0.208. The minimum absolute atomic E-state index is 0.0674. The summed E-state index contributed by atoms with van der Waals surface area (Å²) >= 11 is 5.87. The Hall–Kier alpha value is -3.07. The molecule has 1 amide bonds. The van der Waals surface area contributed by atoms with Crippen molar-refractivity contribution in [2.45, 2.75) is 17.9 Å². The van der Waals surface area contributed by atoms with Crippen LogP contribution >= 0.6 is 11.6 Å². The topological polar surface area (TPSA) is 93.7 Å². The number of methoxy groups -OCH3 is 2. The van der Waals surface area contributed by atoms with Gasteiger partial charge in [0.1, 0.15) is 16.4 Å². The number of hydrogen-bond donors (Lipinski definition) is 2. The zero-order chi connectivity index (χ0) is 23.8. The maximum Gasteiger partial charge on any atom is 0.251 e. The Balaban J connectivity index is 1.71. The molecule has 0 aromatic heterocycles. The molecule has 0 saturated carbocycles. The highest BCUT2D eigenvalue weighted by atomic mass is 35.5. The van der Waals surface area contributed by atoms with Gasteiger partial charge in [-0.05, 0) is 53.9 Å². The average Bonchev–Trinajstić information content (AvgIpc) is 2.83. The molecule has 0 aliphatic rings. The molecule has 0 unspecified atom stereocenters. The number of sulfonamides is 1. The van der Waals surface area contributed by atoms with Crippen LogP contribution in [-0.2, 0) is 23.0 Å². The van der Waals surface area contributed by atoms with Crippen molar-refractivity contribution in [2.75, 3.05) is 20.8 Å². The van der Waals surface area contributed by atoms with E-state index in [1.807, 2.05) is 24.3 Å². The monoisotopic (exact) mass is 488 g/mol. The van der Waals surface area contributed by atoms with Gasteiger partial charge < -0.3 is 14.8 Å². The third-order valence-corrected chi connectivity index (χ3v) is 6.64. The molecule has 0 aliphatic carbocycles. The number of carbonyl (C=O) groups is 1. The zero-order valence-corrected chi connectivity index (χ0v) is 19.9. The molecular formula is C24H25ClN2O5S. The Morgan fingerprint density at radius 1 is 0.939 bits per heavy atom. The number of rotatable bonds is 10. The maximum atomic E-state index is 12.9. The summed E-state index contributed by atoms with van der Waals surface area (Å²) in [4.78, 5) is 12.6. The van der Waals surface area contributed by atoms with Crippen LogP contribution in [0.2, 0.25) is 5.02 Å². The summed E-state index contributed by atoms with van der Waals surface area (Å²) in [7, 11) is -0.974. The van der Waals surface area contributed by atoms with Crippen LogP contribution in [0, 0.1) is 0 Å². The van der Waals surface area contributed by atoms with Crippen molar-refractivity contribution in [3.05, 3.63) is 88.4 Å². The van der Waals surface area contributed by atoms with Crippen molar-refractivity contribution < 1.29 is 22.7 Å². The Bertz CT molecular complexity index is 1210. The number of benzene rings is 3. The first-order chi connectivity index (χ1) is 15.8. The smallest absolute Gasteiger partial charge is 0.251 e. The fourth-order valence-electron chi connectivity index (χ4n) is 3.21. The van der Waals surface area contributed by atoms with Crippen LogP contribution in [0.5, 0.6) is 11.5 Å². The van der Waals surface area contributed by atoms with Gasteiger partial charge in [-0.3, -0.25) is 4.79 Å². The maximum absolute atomic E-state index is 12.9. The van der Waals surface area contributed by atoms with Gasteiger partial charge in [-0.15, -0.1) is 0 Å². The Kier molecular flexibility index (Phi) is 8.32. The van der Waals surface area contributed by atoms with Crippen LogP contribution in [-0.4, -0.2) is 35.1 Å². The third kappa shape index (κ3) is 6.47. The highest BCUT2D eigenvalue weighted by Gasteiger charge is 2.21. The van der Waals surface area contributed by atoms with Crippen molar-refractivity contribution >= 4 is 27.5 Å². The van der Waals surface area contributed by atoms with Crippen molar-refractivity contribution in [1.82, 2.24) is 10.0 Å². The number of halogens is 1. The lowest BCUT2D eigenvalue weighted by molar-refractivity contribution is 0.0953. The van der Waals surface area contributed by atoms with E-state index in [1.54, 1.807) is 31.4 Å². The van der Waals surface area contributed by atoms with Crippen LogP contribution < -0.4 is 19.5 Å². The summed E-state index contributed by atoms with van der Waals surface area (Å²) in [5, 5.41) is 3.38. The molecule has 9 heteroatoms. The van der Waals surface area contributed by atoms with Crippen LogP contribution in [0.4, 0.5) is 0 Å². The van der Waals surface area contributed by atoms with E-state index in [0.29, 0.717) is 18.0 Å². The van der Waals surface area contributed by atoms with Gasteiger partial charge in [0.15, 0.2) is 0 Å². The number of ether oxygens (including phenoxy) is 2. The van der Waals surface area contributed by atoms with E-state index in [4.69, 9.17) is 21.1 Å². The summed E-state index contributed by atoms with van der Waals surface area (Å²) < 4.78 is 38.9. The van der Waals surface area contributed by atoms with E-state index in [1.165, 1.54) is 25.3 Å². The van der Waals surface area contributed by atoms with Crippen LogP contribution in [0.25, 0.3) is 0 Å². The van der Waals surface area contributed by atoms with Gasteiger partial charge in [0.25, 0.3) is 5.91 Å². The molecule has 0 aliphatic heterocycles. The Morgan fingerprint density at radius 2 is 1.64 bits per heavy atom. The lowest BCUT2D eigenvalue weighted by Crippen LogP contribution is -2.27. The van der Waals surface area contributed by atoms with E-state index in [9.17, 15) is 13.2 Å². The summed E-state index contributed by atoms with van der Waals surface area (Å²) in [6.07, 6.45) is 0.569. The van der Waals surface area contributed by atoms with E-state index < -0.39 is 10.0 Å². The molecule has 0 spiro atoms. The summed E-state index contributed by atoms with van der Waals surface area (Å²) in [5.41, 5.74) is 1.92. The second-order valence-electron chi connectivity index (χ2n) is 7.13. The molecule has 0 radical (unpaired) electrons. The quantitative estimate of drug-likeness (QED) is 0.452. The van der Waals surface area contributed by atoms with Crippen LogP contribution in [0.1, 0.15) is 21.5 Å². The van der Waals surface area contributed by atoms with E-state index in [2.05, 4.69) is 10.0 Å². The minimum Gasteiger partial charge on any atom is -0.496 e. The molecule has 0 bridgehead atoms. The summed E-state index contributed by atoms with van der Waals surface area (Å²) in [6.45, 7) is 0.431. The third-order valence-electron chi connectivity index (χ3n) is 4.97. The second-order valence-corrected chi connectivity index (χ2v) is 9.31. The highest BCUT2D eigenvalue weighted by Crippen LogP contribution is 2.25. The molecule has 0 saturated heterocycles. The highest BCUT2D eigenvalue weighted by molar-refractivity contribution is 7.89. The van der Waals surface area contributed by atoms with E-state index in [0.717, 1.165) is 16.9 Å². The number of carbonyl (C=O) groups excluding carboxylic acids is 1. The number of nitrogens with one attached hydrogen (secondary N) is 2. The van der Waals surface area contributed by atoms with Gasteiger partial charge in [0.05, 0.1) is 14.2 Å². The summed E-state index contributed by atoms with van der Waals surface area (Å²) in [6, 6.07) is 18.7. The second kappa shape index (κ2) is 11.2. The molecule has 33 heavy (non-hydrogen) atoms. The number of hydrogen-bond acceptors (Lipinski definition) is 5. The van der Waals surface area contributed by atoms with E-state index >= 15 is 0 Å². The predicted molar refractivity (Wildman–Crippen MR) is 128 cm³/mol. The van der Waals surface area contributed by atoms with Crippen molar-refractivity contribution in [3.63, 3.8) is 0 Å². The molecule has 0 atom stereocenters. The molecule has 7 nitrogen and oxygen atoms in total. The predicted octanol–water partition coefficient (Wildman–Crippen LogP) is 3.81. The van der Waals surface area contributed by atoms with Gasteiger partial charge in [0.2, 0.25) is 10.0 Å². The molecule has 0 heterocycles. The molecule has 3 aromatic carbocycles. The molecule has 2 N–H and O–H groups in total. The zero-order valence-electron chi connectivity index (χ0n) is 18.3. The normalized spacial score (nSPS) is 11.1. The SMILES string of the molecule is COc1ccccc1CCNC(=O)c1ccc(OC)c(S(=O)(=O)NCc2ccc(Cl)cc2)c1. The molecule has 0 fully saturated rings. The number of para-hydroxylation sites is 1. The lowest BCUT2D eigenvalue weighted by atomic mass is 10.1. The van der Waals surface area contributed by atoms with Gasteiger partial charge in [0, 0.05) is 23.7 Å².